The minimum Gasteiger partial charge on any atom is -0.480 e. The van der Waals surface area contributed by atoms with Crippen molar-refractivity contribution in [1.29, 1.82) is 0 Å². The van der Waals surface area contributed by atoms with Crippen molar-refractivity contribution in [1.82, 2.24) is 20.9 Å². The van der Waals surface area contributed by atoms with Crippen molar-refractivity contribution in [3.05, 3.63) is 71.9 Å². The van der Waals surface area contributed by atoms with E-state index in [2.05, 4.69) is 20.9 Å². The van der Waals surface area contributed by atoms with Crippen molar-refractivity contribution in [2.75, 3.05) is 12.0 Å². The lowest BCUT2D eigenvalue weighted by atomic mass is 10.0. The van der Waals surface area contributed by atoms with E-state index < -0.39 is 60.2 Å². The largest absolute Gasteiger partial charge is 0.480 e. The Labute approximate surface area is 247 Å². The number of hydrogen-bond donors (Lipinski definition) is 7. The van der Waals surface area contributed by atoms with Gasteiger partial charge in [-0.3, -0.25) is 19.2 Å². The number of carboxylic acids is 1. The van der Waals surface area contributed by atoms with Gasteiger partial charge in [-0.1, -0.05) is 48.5 Å². The number of aromatic amines is 1. The first-order chi connectivity index (χ1) is 20.1. The average molecular weight is 597 g/mol. The third kappa shape index (κ3) is 9.35. The number of amides is 4. The first-order valence-corrected chi connectivity index (χ1v) is 14.7. The number of primary amides is 1. The highest BCUT2D eigenvalue weighted by Crippen LogP contribution is 2.19. The van der Waals surface area contributed by atoms with Crippen molar-refractivity contribution in [3.63, 3.8) is 0 Å². The Morgan fingerprint density at radius 2 is 1.48 bits per heavy atom. The van der Waals surface area contributed by atoms with E-state index in [1.807, 2.05) is 24.3 Å². The summed E-state index contributed by atoms with van der Waals surface area (Å²) in [6, 6.07) is 11.7. The Balaban J connectivity index is 1.76. The van der Waals surface area contributed by atoms with Gasteiger partial charge in [0.25, 0.3) is 0 Å². The van der Waals surface area contributed by atoms with Crippen LogP contribution in [0.15, 0.2) is 60.8 Å². The first kappa shape index (κ1) is 32.2. The molecule has 0 saturated carbocycles. The molecule has 12 nitrogen and oxygen atoms in total. The molecule has 0 aliphatic rings. The number of carboxylic acid groups (broad SMARTS) is 1. The van der Waals surface area contributed by atoms with E-state index in [1.165, 1.54) is 11.8 Å². The molecular formula is C29H36N6O6S. The number of carbonyl (C=O) groups excluding carboxylic acids is 4. The lowest BCUT2D eigenvalue weighted by molar-refractivity contribution is -0.142. The minimum atomic E-state index is -1.46. The molecule has 0 spiro atoms. The van der Waals surface area contributed by atoms with Gasteiger partial charge in [0.2, 0.25) is 23.6 Å². The minimum absolute atomic E-state index is 0.0641. The highest BCUT2D eigenvalue weighted by Gasteiger charge is 2.31. The molecule has 0 bridgehead atoms. The van der Waals surface area contributed by atoms with Crippen LogP contribution in [0.4, 0.5) is 0 Å². The Hall–Kier alpha value is -4.36. The normalized spacial score (nSPS) is 13.9. The number of H-pyrrole nitrogens is 1. The number of nitrogens with two attached hydrogens (primary N) is 2. The van der Waals surface area contributed by atoms with E-state index in [4.69, 9.17) is 11.5 Å². The van der Waals surface area contributed by atoms with E-state index in [0.29, 0.717) is 5.75 Å². The molecule has 0 aliphatic carbocycles. The van der Waals surface area contributed by atoms with Crippen LogP contribution in [0.25, 0.3) is 10.9 Å². The van der Waals surface area contributed by atoms with Gasteiger partial charge in [-0.2, -0.15) is 11.8 Å². The van der Waals surface area contributed by atoms with Gasteiger partial charge in [-0.05, 0) is 42.0 Å². The fourth-order valence-electron chi connectivity index (χ4n) is 4.42. The quantitative estimate of drug-likeness (QED) is 0.123. The van der Waals surface area contributed by atoms with E-state index in [1.54, 1.807) is 42.8 Å². The average Bonchev–Trinajstić information content (AvgIpc) is 3.37. The summed E-state index contributed by atoms with van der Waals surface area (Å²) in [5, 5.41) is 17.9. The number of rotatable bonds is 16. The van der Waals surface area contributed by atoms with Gasteiger partial charge in [0.15, 0.2) is 0 Å². The number of nitrogens with one attached hydrogen (secondary N) is 4. The highest BCUT2D eigenvalue weighted by molar-refractivity contribution is 7.98. The van der Waals surface area contributed by atoms with E-state index in [-0.39, 0.29) is 19.3 Å². The van der Waals surface area contributed by atoms with Gasteiger partial charge in [0.05, 0.1) is 12.5 Å². The Morgan fingerprint density at radius 1 is 0.857 bits per heavy atom. The van der Waals surface area contributed by atoms with Gasteiger partial charge in [0, 0.05) is 23.5 Å². The summed E-state index contributed by atoms with van der Waals surface area (Å²) in [4.78, 5) is 66.1. The summed E-state index contributed by atoms with van der Waals surface area (Å²) in [5.41, 5.74) is 14.0. The van der Waals surface area contributed by atoms with Crippen LogP contribution in [0.2, 0.25) is 0 Å². The molecule has 0 fully saturated rings. The summed E-state index contributed by atoms with van der Waals surface area (Å²) >= 11 is 1.41. The summed E-state index contributed by atoms with van der Waals surface area (Å²) in [7, 11) is 0. The summed E-state index contributed by atoms with van der Waals surface area (Å²) in [5.74, 6) is -3.89. The van der Waals surface area contributed by atoms with E-state index in [0.717, 1.165) is 22.0 Å². The molecule has 13 heteroatoms. The molecule has 42 heavy (non-hydrogen) atoms. The number of benzene rings is 2. The zero-order chi connectivity index (χ0) is 30.6. The standard InChI is InChI=1S/C29H36N6O6S/c1-42-12-11-22(29(40)41)33-28(39)24(15-25(31)36)35-27(38)23(13-17-7-3-2-4-8-17)34-26(37)20(30)14-18-16-32-21-10-6-5-9-19(18)21/h2-10,16,20,22-24,32H,11-15,30H2,1H3,(H2,31,36)(H,33,39)(H,34,37)(H,35,38)(H,40,41). The molecule has 0 aliphatic heterocycles. The molecule has 4 amide bonds. The topological polar surface area (TPSA) is 209 Å². The highest BCUT2D eigenvalue weighted by atomic mass is 32.2. The van der Waals surface area contributed by atoms with Crippen molar-refractivity contribution >= 4 is 52.3 Å². The molecule has 1 aromatic heterocycles. The zero-order valence-electron chi connectivity index (χ0n) is 23.2. The first-order valence-electron chi connectivity index (χ1n) is 13.3. The summed E-state index contributed by atoms with van der Waals surface area (Å²) in [6.45, 7) is 0. The van der Waals surface area contributed by atoms with Gasteiger partial charge in [-0.15, -0.1) is 0 Å². The monoisotopic (exact) mass is 596 g/mol. The van der Waals surface area contributed by atoms with Crippen LogP contribution in [0.1, 0.15) is 24.0 Å². The van der Waals surface area contributed by atoms with E-state index >= 15 is 0 Å². The van der Waals surface area contributed by atoms with Gasteiger partial charge < -0.3 is 37.5 Å². The molecular weight excluding hydrogens is 560 g/mol. The van der Waals surface area contributed by atoms with Crippen LogP contribution < -0.4 is 27.4 Å². The molecule has 2 aromatic carbocycles. The fourth-order valence-corrected chi connectivity index (χ4v) is 4.89. The molecule has 3 aromatic rings. The lowest BCUT2D eigenvalue weighted by Crippen LogP contribution is -2.58. The van der Waals surface area contributed by atoms with Crippen LogP contribution >= 0.6 is 11.8 Å². The summed E-state index contributed by atoms with van der Waals surface area (Å²) in [6.07, 6.45) is 3.41. The van der Waals surface area contributed by atoms with Crippen molar-refractivity contribution in [2.24, 2.45) is 11.5 Å². The van der Waals surface area contributed by atoms with Crippen LogP contribution in [-0.2, 0) is 36.8 Å². The van der Waals surface area contributed by atoms with Crippen LogP contribution in [0, 0.1) is 0 Å². The molecule has 1 heterocycles. The predicted octanol–water partition coefficient (Wildman–Crippen LogP) is 0.448. The molecule has 3 rings (SSSR count). The van der Waals surface area contributed by atoms with Crippen LogP contribution in [0.3, 0.4) is 0 Å². The van der Waals surface area contributed by atoms with Crippen molar-refractivity contribution in [3.8, 4) is 0 Å². The van der Waals surface area contributed by atoms with Crippen molar-refractivity contribution in [2.45, 2.75) is 49.9 Å². The van der Waals surface area contributed by atoms with Crippen molar-refractivity contribution < 1.29 is 29.1 Å². The van der Waals surface area contributed by atoms with E-state index in [9.17, 15) is 29.1 Å². The maximum Gasteiger partial charge on any atom is 0.326 e. The molecule has 4 unspecified atom stereocenters. The molecule has 9 N–H and O–H groups in total. The number of aliphatic carboxylic acids is 1. The second kappa shape index (κ2) is 15.6. The molecule has 0 radical (unpaired) electrons. The number of carbonyl (C=O) groups is 5. The second-order valence-electron chi connectivity index (χ2n) is 9.83. The summed E-state index contributed by atoms with van der Waals surface area (Å²) < 4.78 is 0. The second-order valence-corrected chi connectivity index (χ2v) is 10.8. The number of thioether (sulfide) groups is 1. The van der Waals surface area contributed by atoms with Gasteiger partial charge >= 0.3 is 5.97 Å². The number of fused-ring (bicyclic) bond motifs is 1. The fraction of sp³-hybridized carbons (Fsp3) is 0.345. The molecule has 0 saturated heterocycles. The number of hydrogen-bond acceptors (Lipinski definition) is 7. The Morgan fingerprint density at radius 3 is 2.14 bits per heavy atom. The Kier molecular flexibility index (Phi) is 11.9. The van der Waals surface area contributed by atoms with Crippen LogP contribution in [0.5, 0.6) is 0 Å². The number of para-hydroxylation sites is 1. The maximum absolute atomic E-state index is 13.5. The lowest BCUT2D eigenvalue weighted by Gasteiger charge is -2.25. The predicted molar refractivity (Wildman–Crippen MR) is 160 cm³/mol. The number of aromatic nitrogens is 1. The third-order valence-corrected chi connectivity index (χ3v) is 7.27. The van der Waals surface area contributed by atoms with Gasteiger partial charge in [0.1, 0.15) is 18.1 Å². The van der Waals surface area contributed by atoms with Gasteiger partial charge in [-0.25, -0.2) is 4.79 Å². The molecule has 224 valence electrons. The zero-order valence-corrected chi connectivity index (χ0v) is 24.0. The van der Waals surface area contributed by atoms with Crippen LogP contribution in [-0.4, -0.2) is 75.9 Å². The maximum atomic E-state index is 13.5. The smallest absolute Gasteiger partial charge is 0.326 e. The molecule has 4 atom stereocenters. The SMILES string of the molecule is CSCCC(NC(=O)C(CC(N)=O)NC(=O)C(Cc1ccccc1)NC(=O)C(N)Cc1c[nH]c2ccccc12)C(=O)O. The Bertz CT molecular complexity index is 1400. The third-order valence-electron chi connectivity index (χ3n) is 6.63.